The number of fused-ring (bicyclic) bond motifs is 3. The zero-order chi connectivity index (χ0) is 22.6. The normalized spacial score (nSPS) is 13.5. The Morgan fingerprint density at radius 3 is 2.03 bits per heavy atom. The third kappa shape index (κ3) is 5.53. The molecule has 1 aliphatic carbocycles. The van der Waals surface area contributed by atoms with Gasteiger partial charge >= 0.3 is 18.2 Å². The molecule has 0 heterocycles. The molecule has 2 aromatic carbocycles. The SMILES string of the molecule is CC(C)(C)OC(=O)N[C@H](CNC(=O)OCC1c2ccccc2-c2ccccc21)C(=O)O. The summed E-state index contributed by atoms with van der Waals surface area (Å²) in [5.41, 5.74) is 3.60. The van der Waals surface area contributed by atoms with Crippen molar-refractivity contribution < 1.29 is 29.0 Å². The average molecular weight is 426 g/mol. The quantitative estimate of drug-likeness (QED) is 0.651. The van der Waals surface area contributed by atoms with Gasteiger partial charge in [-0.15, -0.1) is 0 Å². The van der Waals surface area contributed by atoms with Crippen molar-refractivity contribution in [3.8, 4) is 11.1 Å². The minimum Gasteiger partial charge on any atom is -0.480 e. The third-order valence-electron chi connectivity index (χ3n) is 4.78. The van der Waals surface area contributed by atoms with E-state index in [-0.39, 0.29) is 19.1 Å². The van der Waals surface area contributed by atoms with Crippen molar-refractivity contribution >= 4 is 18.2 Å². The molecule has 31 heavy (non-hydrogen) atoms. The summed E-state index contributed by atoms with van der Waals surface area (Å²) in [7, 11) is 0. The molecule has 0 radical (unpaired) electrons. The molecule has 0 saturated heterocycles. The van der Waals surface area contributed by atoms with Crippen molar-refractivity contribution in [3.05, 3.63) is 59.7 Å². The van der Waals surface area contributed by atoms with Gasteiger partial charge in [-0.05, 0) is 43.0 Å². The first-order chi connectivity index (χ1) is 14.7. The number of hydrogen-bond donors (Lipinski definition) is 3. The van der Waals surface area contributed by atoms with Crippen LogP contribution in [0.1, 0.15) is 37.8 Å². The zero-order valence-corrected chi connectivity index (χ0v) is 17.7. The molecule has 8 heteroatoms. The number of ether oxygens (including phenoxy) is 2. The summed E-state index contributed by atoms with van der Waals surface area (Å²) in [6, 6.07) is 14.6. The van der Waals surface area contributed by atoms with E-state index in [0.29, 0.717) is 0 Å². The Labute approximate surface area is 180 Å². The maximum absolute atomic E-state index is 12.2. The number of carboxylic acid groups (broad SMARTS) is 1. The molecule has 2 aromatic rings. The Hall–Kier alpha value is -3.55. The van der Waals surface area contributed by atoms with Crippen molar-refractivity contribution in [1.29, 1.82) is 0 Å². The smallest absolute Gasteiger partial charge is 0.408 e. The Kier molecular flexibility index (Phi) is 6.48. The molecule has 3 N–H and O–H groups in total. The highest BCUT2D eigenvalue weighted by Gasteiger charge is 2.29. The zero-order valence-electron chi connectivity index (χ0n) is 17.7. The largest absolute Gasteiger partial charge is 0.480 e. The molecule has 1 aliphatic rings. The summed E-state index contributed by atoms with van der Waals surface area (Å²) in [4.78, 5) is 35.4. The summed E-state index contributed by atoms with van der Waals surface area (Å²) < 4.78 is 10.4. The van der Waals surface area contributed by atoms with Crippen LogP contribution in [0.3, 0.4) is 0 Å². The molecule has 3 rings (SSSR count). The second-order valence-corrected chi connectivity index (χ2v) is 8.24. The summed E-state index contributed by atoms with van der Waals surface area (Å²) in [6.45, 7) is 4.76. The molecule has 0 spiro atoms. The summed E-state index contributed by atoms with van der Waals surface area (Å²) in [6.07, 6.45) is -1.65. The van der Waals surface area contributed by atoms with Crippen LogP contribution in [0, 0.1) is 0 Å². The van der Waals surface area contributed by atoms with Crippen LogP contribution >= 0.6 is 0 Å². The van der Waals surface area contributed by atoms with E-state index in [1.54, 1.807) is 20.8 Å². The second-order valence-electron chi connectivity index (χ2n) is 8.24. The van der Waals surface area contributed by atoms with Gasteiger partial charge in [-0.25, -0.2) is 14.4 Å². The van der Waals surface area contributed by atoms with Crippen LogP contribution in [0.15, 0.2) is 48.5 Å². The summed E-state index contributed by atoms with van der Waals surface area (Å²) >= 11 is 0. The molecule has 0 unspecified atom stereocenters. The number of amides is 2. The van der Waals surface area contributed by atoms with Crippen molar-refractivity contribution in [1.82, 2.24) is 10.6 Å². The second kappa shape index (κ2) is 9.07. The monoisotopic (exact) mass is 426 g/mol. The van der Waals surface area contributed by atoms with Gasteiger partial charge in [0.15, 0.2) is 0 Å². The van der Waals surface area contributed by atoms with Crippen LogP contribution in [-0.4, -0.2) is 48.1 Å². The number of aliphatic carboxylic acids is 1. The van der Waals surface area contributed by atoms with Gasteiger partial charge in [0.05, 0.1) is 6.54 Å². The van der Waals surface area contributed by atoms with Crippen molar-refractivity contribution in [2.24, 2.45) is 0 Å². The molecular formula is C23H26N2O6. The highest BCUT2D eigenvalue weighted by molar-refractivity contribution is 5.81. The van der Waals surface area contributed by atoms with Crippen LogP contribution in [0.4, 0.5) is 9.59 Å². The van der Waals surface area contributed by atoms with E-state index in [1.807, 2.05) is 48.5 Å². The highest BCUT2D eigenvalue weighted by Crippen LogP contribution is 2.44. The topological polar surface area (TPSA) is 114 Å². The average Bonchev–Trinajstić information content (AvgIpc) is 3.02. The van der Waals surface area contributed by atoms with Crippen molar-refractivity contribution in [3.63, 3.8) is 0 Å². The number of benzene rings is 2. The summed E-state index contributed by atoms with van der Waals surface area (Å²) in [5.74, 6) is -1.40. The van der Waals surface area contributed by atoms with E-state index < -0.39 is 29.8 Å². The van der Waals surface area contributed by atoms with Crippen molar-refractivity contribution in [2.45, 2.75) is 38.3 Å². The molecule has 2 amide bonds. The Balaban J connectivity index is 1.56. The molecule has 0 bridgehead atoms. The van der Waals surface area contributed by atoms with Gasteiger partial charge in [-0.2, -0.15) is 0 Å². The van der Waals surface area contributed by atoms with Crippen LogP contribution in [0.25, 0.3) is 11.1 Å². The lowest BCUT2D eigenvalue weighted by atomic mass is 9.98. The molecule has 0 saturated carbocycles. The lowest BCUT2D eigenvalue weighted by molar-refractivity contribution is -0.139. The molecule has 0 aromatic heterocycles. The van der Waals surface area contributed by atoms with Gasteiger partial charge in [-0.1, -0.05) is 48.5 Å². The Bertz CT molecular complexity index is 937. The van der Waals surface area contributed by atoms with Gasteiger partial charge in [0.1, 0.15) is 18.2 Å². The van der Waals surface area contributed by atoms with Crippen LogP contribution < -0.4 is 10.6 Å². The van der Waals surface area contributed by atoms with Crippen molar-refractivity contribution in [2.75, 3.05) is 13.2 Å². The minimum absolute atomic E-state index is 0.103. The number of alkyl carbamates (subject to hydrolysis) is 2. The first-order valence-corrected chi connectivity index (χ1v) is 9.97. The number of carbonyl (C=O) groups is 3. The molecule has 0 aliphatic heterocycles. The van der Waals surface area contributed by atoms with Gasteiger partial charge in [0, 0.05) is 5.92 Å². The standard InChI is InChI=1S/C23H26N2O6/c1-23(2,3)31-22(29)25-19(20(26)27)12-24-21(28)30-13-18-16-10-6-4-8-14(16)15-9-5-7-11-17(15)18/h4-11,18-19H,12-13H2,1-3H3,(H,24,28)(H,25,29)(H,26,27)/t19-/m1/s1. The first-order valence-electron chi connectivity index (χ1n) is 9.97. The molecule has 0 fully saturated rings. The molecule has 8 nitrogen and oxygen atoms in total. The molecule has 1 atom stereocenters. The van der Waals surface area contributed by atoms with Crippen LogP contribution in [0.5, 0.6) is 0 Å². The van der Waals surface area contributed by atoms with Gasteiger partial charge < -0.3 is 25.2 Å². The first kappa shape index (κ1) is 22.1. The fourth-order valence-corrected chi connectivity index (χ4v) is 3.48. The highest BCUT2D eigenvalue weighted by atomic mass is 16.6. The van der Waals surface area contributed by atoms with Crippen LogP contribution in [0.2, 0.25) is 0 Å². The van der Waals surface area contributed by atoms with E-state index in [1.165, 1.54) is 0 Å². The number of carbonyl (C=O) groups excluding carboxylic acids is 2. The van der Waals surface area contributed by atoms with Gasteiger partial charge in [-0.3, -0.25) is 0 Å². The lowest BCUT2D eigenvalue weighted by Gasteiger charge is -2.22. The molecule has 164 valence electrons. The Morgan fingerprint density at radius 2 is 1.52 bits per heavy atom. The van der Waals surface area contributed by atoms with Crippen LogP contribution in [-0.2, 0) is 14.3 Å². The maximum Gasteiger partial charge on any atom is 0.408 e. The fourth-order valence-electron chi connectivity index (χ4n) is 3.48. The van der Waals surface area contributed by atoms with E-state index in [2.05, 4.69) is 10.6 Å². The van der Waals surface area contributed by atoms with E-state index in [9.17, 15) is 19.5 Å². The Morgan fingerprint density at radius 1 is 0.968 bits per heavy atom. The molecular weight excluding hydrogens is 400 g/mol. The van der Waals surface area contributed by atoms with E-state index >= 15 is 0 Å². The van der Waals surface area contributed by atoms with Gasteiger partial charge in [0.25, 0.3) is 0 Å². The van der Waals surface area contributed by atoms with Gasteiger partial charge in [0.2, 0.25) is 0 Å². The number of nitrogens with one attached hydrogen (secondary N) is 2. The predicted octanol–water partition coefficient (Wildman–Crippen LogP) is 3.50. The summed E-state index contributed by atoms with van der Waals surface area (Å²) in [5, 5.41) is 13.9. The number of rotatable bonds is 6. The fraction of sp³-hybridized carbons (Fsp3) is 0.348. The third-order valence-corrected chi connectivity index (χ3v) is 4.78. The maximum atomic E-state index is 12.2. The number of hydrogen-bond acceptors (Lipinski definition) is 5. The predicted molar refractivity (Wildman–Crippen MR) is 114 cm³/mol. The number of carboxylic acids is 1. The van der Waals surface area contributed by atoms with E-state index in [0.717, 1.165) is 22.3 Å². The van der Waals surface area contributed by atoms with E-state index in [4.69, 9.17) is 9.47 Å². The lowest BCUT2D eigenvalue weighted by Crippen LogP contribution is -2.49. The minimum atomic E-state index is -1.35.